The van der Waals surface area contributed by atoms with Gasteiger partial charge >= 0.3 is 6.03 Å². The number of amides is 3. The molecule has 2 aromatic rings. The molecular weight excluding hydrogens is 652 g/mol. The number of halogens is 1. The normalized spacial score (nSPS) is 29.4. The second-order valence-corrected chi connectivity index (χ2v) is 15.3. The van der Waals surface area contributed by atoms with Crippen molar-refractivity contribution >= 4 is 39.8 Å². The van der Waals surface area contributed by atoms with E-state index in [0.717, 1.165) is 49.4 Å². The highest BCUT2D eigenvalue weighted by molar-refractivity contribution is 7.76. The molecule has 6 atom stereocenters. The summed E-state index contributed by atoms with van der Waals surface area (Å²) in [6.07, 6.45) is 9.47. The van der Waals surface area contributed by atoms with Gasteiger partial charge in [-0.1, -0.05) is 36.7 Å². The summed E-state index contributed by atoms with van der Waals surface area (Å²) in [4.78, 5) is 30.7. The van der Waals surface area contributed by atoms with Gasteiger partial charge in [0.2, 0.25) is 0 Å². The van der Waals surface area contributed by atoms with Gasteiger partial charge in [-0.3, -0.25) is 9.00 Å². The van der Waals surface area contributed by atoms with Crippen molar-refractivity contribution < 1.29 is 28.0 Å². The minimum atomic E-state index is -2.50. The molecule has 6 rings (SSSR count). The lowest BCUT2D eigenvalue weighted by molar-refractivity contribution is -0.00798. The number of hydrogen-bond donors (Lipinski definition) is 2. The number of methoxy groups -OCH3 is 2. The highest BCUT2D eigenvalue weighted by Crippen LogP contribution is 2.42. The van der Waals surface area contributed by atoms with E-state index in [1.165, 1.54) is 11.1 Å². The molecule has 48 heavy (non-hydrogen) atoms. The highest BCUT2D eigenvalue weighted by Gasteiger charge is 2.38. The Morgan fingerprint density at radius 2 is 1.90 bits per heavy atom. The van der Waals surface area contributed by atoms with Crippen molar-refractivity contribution in [2.24, 2.45) is 22.1 Å². The van der Waals surface area contributed by atoms with Gasteiger partial charge in [0.05, 0.1) is 48.2 Å². The average Bonchev–Trinajstić information content (AvgIpc) is 3.06. The fourth-order valence-corrected chi connectivity index (χ4v) is 8.53. The molecular formula is C36H47ClN4O6S. The highest BCUT2D eigenvalue weighted by atomic mass is 35.5. The van der Waals surface area contributed by atoms with Crippen LogP contribution in [0.4, 0.5) is 10.5 Å². The van der Waals surface area contributed by atoms with E-state index in [2.05, 4.69) is 38.9 Å². The van der Waals surface area contributed by atoms with Crippen molar-refractivity contribution in [3.8, 4) is 5.75 Å². The molecule has 0 aromatic heterocycles. The Hall–Kier alpha value is -3.12. The number of likely N-dealkylation sites (tertiary alicyclic amines) is 1. The van der Waals surface area contributed by atoms with Crippen molar-refractivity contribution in [3.05, 3.63) is 70.3 Å². The maximum Gasteiger partial charge on any atom is 0.318 e. The van der Waals surface area contributed by atoms with E-state index < -0.39 is 21.9 Å². The van der Waals surface area contributed by atoms with Gasteiger partial charge in [-0.05, 0) is 97.7 Å². The van der Waals surface area contributed by atoms with E-state index in [4.69, 9.17) is 25.8 Å². The molecule has 0 spiro atoms. The zero-order valence-electron chi connectivity index (χ0n) is 28.0. The molecule has 3 amide bonds. The molecule has 2 bridgehead atoms. The van der Waals surface area contributed by atoms with E-state index in [1.807, 2.05) is 25.1 Å². The van der Waals surface area contributed by atoms with Gasteiger partial charge in [0.25, 0.3) is 5.91 Å². The van der Waals surface area contributed by atoms with Crippen LogP contribution in [0, 0.1) is 17.8 Å². The Balaban J connectivity index is 1.39. The molecule has 2 aromatic carbocycles. The summed E-state index contributed by atoms with van der Waals surface area (Å²) < 4.78 is 35.7. The average molecular weight is 699 g/mol. The first-order valence-corrected chi connectivity index (χ1v) is 18.7. The Kier molecular flexibility index (Phi) is 11.3. The SMILES string of the molecule is COC1CN(C(=O)NC2[C@@H](C)C/C=C/[C@H](OC)[C@@H]3CC[C@H]3CN3Cc4ccc(Cl)cc4CCCCOc4ccc(cc43)C(=O)/N=[SH]\2=O)C1. The molecule has 12 heteroatoms. The Labute approximate surface area is 290 Å². The van der Waals surface area contributed by atoms with Gasteiger partial charge in [0.15, 0.2) is 0 Å². The first-order chi connectivity index (χ1) is 23.2. The first-order valence-electron chi connectivity index (χ1n) is 17.0. The number of anilines is 1. The van der Waals surface area contributed by atoms with E-state index in [0.29, 0.717) is 55.8 Å². The molecule has 4 aliphatic rings. The number of carbonyl (C=O) groups excluding carboxylic acids is 2. The first kappa shape index (κ1) is 34.7. The van der Waals surface area contributed by atoms with Crippen molar-refractivity contribution in [2.45, 2.75) is 69.6 Å². The number of thiol groups is 1. The number of nitrogens with zero attached hydrogens (tertiary/aromatic N) is 3. The summed E-state index contributed by atoms with van der Waals surface area (Å²) in [5, 5.41) is 2.81. The van der Waals surface area contributed by atoms with Gasteiger partial charge < -0.3 is 29.3 Å². The van der Waals surface area contributed by atoms with Crippen molar-refractivity contribution in [2.75, 3.05) is 45.4 Å². The zero-order valence-corrected chi connectivity index (χ0v) is 29.6. The third-order valence-corrected chi connectivity index (χ3v) is 12.1. The number of allylic oxidation sites excluding steroid dienone is 1. The number of nitrogens with one attached hydrogen (secondary N) is 1. The van der Waals surface area contributed by atoms with Gasteiger partial charge in [0.1, 0.15) is 11.1 Å². The molecule has 1 N–H and O–H groups in total. The van der Waals surface area contributed by atoms with Crippen molar-refractivity contribution in [1.82, 2.24) is 10.2 Å². The summed E-state index contributed by atoms with van der Waals surface area (Å²) in [6.45, 7) is 4.76. The molecule has 3 aliphatic heterocycles. The Bertz CT molecular complexity index is 1610. The fourth-order valence-electron chi connectivity index (χ4n) is 7.14. The molecule has 3 heterocycles. The van der Waals surface area contributed by atoms with Gasteiger partial charge in [-0.2, -0.15) is 4.36 Å². The Morgan fingerprint density at radius 3 is 2.65 bits per heavy atom. The van der Waals surface area contributed by atoms with Crippen LogP contribution in [0.15, 0.2) is 52.9 Å². The van der Waals surface area contributed by atoms with Gasteiger partial charge in [-0.15, -0.1) is 0 Å². The predicted octanol–water partition coefficient (Wildman–Crippen LogP) is 5.87. The number of aryl methyl sites for hydroxylation is 1. The summed E-state index contributed by atoms with van der Waals surface area (Å²) in [5.41, 5.74) is 3.54. The van der Waals surface area contributed by atoms with Crippen molar-refractivity contribution in [1.29, 1.82) is 0 Å². The maximum absolute atomic E-state index is 13.8. The molecule has 2 unspecified atom stereocenters. The molecule has 2 fully saturated rings. The second kappa shape index (κ2) is 15.6. The summed E-state index contributed by atoms with van der Waals surface area (Å²) in [5.74, 6) is 0.540. The van der Waals surface area contributed by atoms with Crippen molar-refractivity contribution in [3.63, 3.8) is 0 Å². The summed E-state index contributed by atoms with van der Waals surface area (Å²) in [7, 11) is 0.869. The quantitative estimate of drug-likeness (QED) is 0.305. The number of benzene rings is 2. The molecule has 10 nitrogen and oxygen atoms in total. The lowest BCUT2D eigenvalue weighted by Crippen LogP contribution is -2.59. The molecule has 1 saturated carbocycles. The minimum Gasteiger partial charge on any atom is -0.491 e. The topological polar surface area (TPSA) is 110 Å². The van der Waals surface area contributed by atoms with Crippen LogP contribution in [0.5, 0.6) is 5.75 Å². The van der Waals surface area contributed by atoms with Crippen LogP contribution < -0.4 is 15.0 Å². The third-order valence-electron chi connectivity index (χ3n) is 10.3. The second-order valence-electron chi connectivity index (χ2n) is 13.5. The van der Waals surface area contributed by atoms with Crippen LogP contribution in [0.25, 0.3) is 0 Å². The number of hydrogen-bond acceptors (Lipinski definition) is 7. The largest absolute Gasteiger partial charge is 0.491 e. The smallest absolute Gasteiger partial charge is 0.318 e. The van der Waals surface area contributed by atoms with Crippen LogP contribution in [-0.2, 0) is 33.0 Å². The van der Waals surface area contributed by atoms with Crippen LogP contribution in [-0.4, -0.2) is 79.1 Å². The van der Waals surface area contributed by atoms with E-state index in [-0.39, 0.29) is 24.2 Å². The zero-order chi connectivity index (χ0) is 33.8. The van der Waals surface area contributed by atoms with Crippen LogP contribution in [0.3, 0.4) is 0 Å². The number of rotatable bonds is 3. The van der Waals surface area contributed by atoms with Crippen LogP contribution >= 0.6 is 11.6 Å². The minimum absolute atomic E-state index is 0.0140. The van der Waals surface area contributed by atoms with Gasteiger partial charge in [-0.25, -0.2) is 4.79 Å². The van der Waals surface area contributed by atoms with Crippen LogP contribution in [0.2, 0.25) is 5.02 Å². The standard InChI is InChI=1S/C36H47ClN4O6S/c1-23-7-6-9-32(46-3)30-14-11-27(30)20-40-19-26-10-13-28(37)17-24(26)8-4-5-16-47-33-15-12-25(18-31(33)40)34(42)39-48(44)35(23)38-36(43)41-21-29(22-41)45-2/h6,9-10,12-13,15,17-18,23,27,29-30,32,35,48H,4-5,7-8,11,14,16,19-22H2,1-3H3,(H,38,43)/b9-6+/t23-,27-,30+,32-,35?/m0/s1. The number of fused-ring (bicyclic) bond motifs is 3. The summed E-state index contributed by atoms with van der Waals surface area (Å²) in [6, 6.07) is 11.1. The maximum atomic E-state index is 13.8. The molecule has 1 saturated heterocycles. The fraction of sp³-hybridized carbons (Fsp3) is 0.556. The predicted molar refractivity (Wildman–Crippen MR) is 188 cm³/mol. The molecule has 0 radical (unpaired) electrons. The van der Waals surface area contributed by atoms with E-state index in [9.17, 15) is 13.8 Å². The van der Waals surface area contributed by atoms with Crippen LogP contribution in [0.1, 0.15) is 60.5 Å². The molecule has 260 valence electrons. The van der Waals surface area contributed by atoms with E-state index in [1.54, 1.807) is 25.2 Å². The van der Waals surface area contributed by atoms with E-state index >= 15 is 0 Å². The number of urea groups is 1. The Morgan fingerprint density at radius 1 is 1.06 bits per heavy atom. The summed E-state index contributed by atoms with van der Waals surface area (Å²) >= 11 is 6.45. The third kappa shape index (κ3) is 7.85. The number of carbonyl (C=O) groups is 2. The monoisotopic (exact) mass is 698 g/mol. The number of ether oxygens (including phenoxy) is 3. The van der Waals surface area contributed by atoms with Gasteiger partial charge in [0, 0.05) is 37.9 Å². The lowest BCUT2D eigenvalue weighted by Gasteiger charge is -2.43. The lowest BCUT2D eigenvalue weighted by atomic mass is 9.70. The molecule has 1 aliphatic carbocycles.